The maximum absolute atomic E-state index is 13.2. The molecule has 2 aromatic carbocycles. The molecule has 0 atom stereocenters. The Morgan fingerprint density at radius 1 is 1.06 bits per heavy atom. The largest absolute Gasteiger partial charge is 0.454 e. The first-order valence-electron chi connectivity index (χ1n) is 11.2. The molecule has 0 spiro atoms. The van der Waals surface area contributed by atoms with Gasteiger partial charge in [0.2, 0.25) is 6.79 Å². The third kappa shape index (κ3) is 4.88. The molecule has 2 aliphatic rings. The van der Waals surface area contributed by atoms with Crippen LogP contribution in [-0.4, -0.2) is 37.4 Å². The van der Waals surface area contributed by atoms with Crippen LogP contribution in [0.25, 0.3) is 0 Å². The van der Waals surface area contributed by atoms with Gasteiger partial charge in [0.15, 0.2) is 11.5 Å². The van der Waals surface area contributed by atoms with E-state index in [2.05, 4.69) is 16.4 Å². The number of carbonyl (C=O) groups excluding carboxylic acids is 1. The number of ether oxygens (including phenoxy) is 3. The third-order valence-corrected chi connectivity index (χ3v) is 7.40. The normalized spacial score (nSPS) is 16.3. The molecule has 1 saturated heterocycles. The number of hydrogen-bond acceptors (Lipinski definition) is 6. The summed E-state index contributed by atoms with van der Waals surface area (Å²) in [6.07, 6.45) is 3.27. The van der Waals surface area contributed by atoms with Crippen LogP contribution >= 0.6 is 11.8 Å². The van der Waals surface area contributed by atoms with Crippen molar-refractivity contribution in [3.8, 4) is 11.5 Å². The van der Waals surface area contributed by atoms with E-state index in [9.17, 15) is 9.18 Å². The Bertz CT molecular complexity index is 1170. The Balaban J connectivity index is 1.31. The van der Waals surface area contributed by atoms with Crippen LogP contribution in [0, 0.1) is 5.82 Å². The number of nitrogens with zero attached hydrogens (tertiary/aromatic N) is 1. The van der Waals surface area contributed by atoms with Crippen LogP contribution in [0.4, 0.5) is 4.39 Å². The summed E-state index contributed by atoms with van der Waals surface area (Å²) in [6, 6.07) is 15.9. The van der Waals surface area contributed by atoms with Gasteiger partial charge in [-0.1, -0.05) is 18.2 Å². The lowest BCUT2D eigenvalue weighted by Gasteiger charge is -2.38. The summed E-state index contributed by atoms with van der Waals surface area (Å²) < 4.78 is 29.9. The molecular weight excluding hydrogens is 455 g/mol. The number of hydrogen-bond donors (Lipinski definition) is 1. The summed E-state index contributed by atoms with van der Waals surface area (Å²) in [6.45, 7) is 1.97. The van der Waals surface area contributed by atoms with E-state index in [1.807, 2.05) is 12.1 Å². The van der Waals surface area contributed by atoms with Crippen LogP contribution in [0.2, 0.25) is 0 Å². The van der Waals surface area contributed by atoms with Gasteiger partial charge < -0.3 is 19.5 Å². The molecule has 5 rings (SSSR count). The highest BCUT2D eigenvalue weighted by Gasteiger charge is 2.36. The lowest BCUT2D eigenvalue weighted by atomic mass is 9.74. The number of rotatable bonds is 7. The van der Waals surface area contributed by atoms with Crippen molar-refractivity contribution in [3.63, 3.8) is 0 Å². The van der Waals surface area contributed by atoms with Gasteiger partial charge in [-0.15, -0.1) is 11.8 Å². The number of pyridine rings is 1. The predicted octanol–water partition coefficient (Wildman–Crippen LogP) is 4.72. The van der Waals surface area contributed by atoms with Gasteiger partial charge in [0.25, 0.3) is 5.91 Å². The minimum Gasteiger partial charge on any atom is -0.454 e. The van der Waals surface area contributed by atoms with Crippen LogP contribution in [0.1, 0.15) is 34.3 Å². The fourth-order valence-corrected chi connectivity index (χ4v) is 5.26. The molecule has 0 saturated carbocycles. The van der Waals surface area contributed by atoms with Crippen LogP contribution in [0.5, 0.6) is 11.5 Å². The van der Waals surface area contributed by atoms with E-state index in [1.165, 1.54) is 23.9 Å². The van der Waals surface area contributed by atoms with Gasteiger partial charge in [0.05, 0.1) is 5.56 Å². The Morgan fingerprint density at radius 3 is 2.68 bits per heavy atom. The molecule has 3 heterocycles. The van der Waals surface area contributed by atoms with Crippen molar-refractivity contribution in [2.24, 2.45) is 0 Å². The van der Waals surface area contributed by atoms with Crippen molar-refractivity contribution in [1.82, 2.24) is 10.3 Å². The van der Waals surface area contributed by atoms with Gasteiger partial charge in [-0.25, -0.2) is 9.37 Å². The van der Waals surface area contributed by atoms with E-state index in [0.717, 1.165) is 35.5 Å². The van der Waals surface area contributed by atoms with Crippen molar-refractivity contribution >= 4 is 17.7 Å². The number of amides is 1. The summed E-state index contributed by atoms with van der Waals surface area (Å²) in [5.74, 6) is 1.64. The maximum Gasteiger partial charge on any atom is 0.254 e. The van der Waals surface area contributed by atoms with Gasteiger partial charge in [0.1, 0.15) is 10.8 Å². The average Bonchev–Trinajstić information content (AvgIpc) is 3.36. The molecule has 2 aliphatic heterocycles. The lowest BCUT2D eigenvalue weighted by molar-refractivity contribution is 0.0486. The monoisotopic (exact) mass is 480 g/mol. The van der Waals surface area contributed by atoms with Gasteiger partial charge >= 0.3 is 0 Å². The first-order chi connectivity index (χ1) is 16.6. The zero-order valence-corrected chi connectivity index (χ0v) is 19.4. The maximum atomic E-state index is 13.2. The van der Waals surface area contributed by atoms with Crippen LogP contribution < -0.4 is 14.8 Å². The molecule has 8 heteroatoms. The molecule has 176 valence electrons. The fourth-order valence-electron chi connectivity index (χ4n) is 4.31. The van der Waals surface area contributed by atoms with Crippen molar-refractivity contribution < 1.29 is 23.4 Å². The zero-order chi connectivity index (χ0) is 23.4. The molecule has 3 aromatic rings. The Kier molecular flexibility index (Phi) is 6.69. The summed E-state index contributed by atoms with van der Waals surface area (Å²) >= 11 is 1.46. The number of nitrogens with one attached hydrogen (secondary N) is 1. The molecule has 1 fully saturated rings. The van der Waals surface area contributed by atoms with Crippen molar-refractivity contribution in [2.75, 3.05) is 26.6 Å². The standard InChI is InChI=1S/C26H25FN2O4S/c27-20-6-3-18(4-7-20)15-34-25-21(2-1-11-28-25)24(30)29-16-26(9-12-31-13-10-26)19-5-8-22-23(14-19)33-17-32-22/h1-8,11,14H,9-10,12-13,15-17H2,(H,29,30). The number of fused-ring (bicyclic) bond motifs is 1. The highest BCUT2D eigenvalue weighted by atomic mass is 32.2. The second-order valence-electron chi connectivity index (χ2n) is 8.41. The first kappa shape index (κ1) is 22.7. The summed E-state index contributed by atoms with van der Waals surface area (Å²) in [5, 5.41) is 3.80. The predicted molar refractivity (Wildman–Crippen MR) is 127 cm³/mol. The smallest absolute Gasteiger partial charge is 0.254 e. The minimum absolute atomic E-state index is 0.165. The fraction of sp³-hybridized carbons (Fsp3) is 0.308. The molecule has 34 heavy (non-hydrogen) atoms. The molecule has 0 unspecified atom stereocenters. The van der Waals surface area contributed by atoms with Crippen LogP contribution in [0.15, 0.2) is 65.8 Å². The third-order valence-electron chi connectivity index (χ3n) is 6.33. The number of carbonyl (C=O) groups is 1. The molecule has 0 radical (unpaired) electrons. The van der Waals surface area contributed by atoms with Gasteiger partial charge in [-0.3, -0.25) is 4.79 Å². The van der Waals surface area contributed by atoms with Gasteiger partial charge in [0, 0.05) is 37.1 Å². The molecule has 0 bridgehead atoms. The number of aromatic nitrogens is 1. The van der Waals surface area contributed by atoms with E-state index in [4.69, 9.17) is 14.2 Å². The average molecular weight is 481 g/mol. The van der Waals surface area contributed by atoms with E-state index >= 15 is 0 Å². The van der Waals surface area contributed by atoms with Crippen molar-refractivity contribution in [1.29, 1.82) is 0 Å². The van der Waals surface area contributed by atoms with E-state index in [1.54, 1.807) is 30.5 Å². The van der Waals surface area contributed by atoms with E-state index < -0.39 is 0 Å². The van der Waals surface area contributed by atoms with Gasteiger partial charge in [-0.05, 0) is 60.4 Å². The molecule has 1 N–H and O–H groups in total. The highest BCUT2D eigenvalue weighted by Crippen LogP contribution is 2.40. The second-order valence-corrected chi connectivity index (χ2v) is 9.38. The Morgan fingerprint density at radius 2 is 1.85 bits per heavy atom. The molecule has 1 aromatic heterocycles. The van der Waals surface area contributed by atoms with Crippen molar-refractivity contribution in [3.05, 3.63) is 83.3 Å². The lowest BCUT2D eigenvalue weighted by Crippen LogP contribution is -2.44. The van der Waals surface area contributed by atoms with Gasteiger partial charge in [-0.2, -0.15) is 0 Å². The molecule has 6 nitrogen and oxygen atoms in total. The molecular formula is C26H25FN2O4S. The number of thioether (sulfide) groups is 1. The summed E-state index contributed by atoms with van der Waals surface area (Å²) in [5.41, 5.74) is 2.35. The quantitative estimate of drug-likeness (QED) is 0.494. The summed E-state index contributed by atoms with van der Waals surface area (Å²) in [7, 11) is 0. The van der Waals surface area contributed by atoms with Crippen LogP contribution in [0.3, 0.4) is 0 Å². The topological polar surface area (TPSA) is 69.7 Å². The number of halogens is 1. The summed E-state index contributed by atoms with van der Waals surface area (Å²) in [4.78, 5) is 17.7. The Labute approximate surface area is 201 Å². The van der Waals surface area contributed by atoms with E-state index in [0.29, 0.717) is 36.1 Å². The highest BCUT2D eigenvalue weighted by molar-refractivity contribution is 7.98. The number of benzene rings is 2. The zero-order valence-electron chi connectivity index (χ0n) is 18.6. The Hall–Kier alpha value is -3.10. The SMILES string of the molecule is O=C(NCC1(c2ccc3c(c2)OCO3)CCOCC1)c1cccnc1SCc1ccc(F)cc1. The van der Waals surface area contributed by atoms with E-state index in [-0.39, 0.29) is 23.9 Å². The molecule has 0 aliphatic carbocycles. The minimum atomic E-state index is -0.267. The van der Waals surface area contributed by atoms with Crippen LogP contribution in [-0.2, 0) is 15.9 Å². The molecule has 1 amide bonds. The second kappa shape index (κ2) is 10.0. The first-order valence-corrected chi connectivity index (χ1v) is 12.2. The van der Waals surface area contributed by atoms with Crippen molar-refractivity contribution in [2.45, 2.75) is 29.0 Å².